The first-order valence-electron chi connectivity index (χ1n) is 9.42. The largest absolute Gasteiger partial charge is 0.376 e. The van der Waals surface area contributed by atoms with Crippen molar-refractivity contribution in [3.63, 3.8) is 0 Å². The molecule has 152 valence electrons. The van der Waals surface area contributed by atoms with Crippen molar-refractivity contribution in [3.8, 4) is 6.07 Å². The number of nitrogens with one attached hydrogen (secondary N) is 3. The van der Waals surface area contributed by atoms with E-state index in [1.54, 1.807) is 6.07 Å². The van der Waals surface area contributed by atoms with Crippen LogP contribution in [-0.4, -0.2) is 30.7 Å². The molecule has 0 heterocycles. The van der Waals surface area contributed by atoms with Crippen LogP contribution in [0, 0.1) is 24.2 Å². The molecule has 29 heavy (non-hydrogen) atoms. The molecule has 2 amide bonds. The molecule has 0 aromatic heterocycles. The molecule has 0 atom stereocenters. The van der Waals surface area contributed by atoms with Gasteiger partial charge in [-0.25, -0.2) is 0 Å². The number of nitrogens with zero attached hydrogens (tertiary/aromatic N) is 1. The van der Waals surface area contributed by atoms with E-state index in [1.807, 2.05) is 57.2 Å². The third-order valence-corrected chi connectivity index (χ3v) is 4.99. The van der Waals surface area contributed by atoms with Crippen molar-refractivity contribution >= 4 is 35.0 Å². The Labute approximate surface area is 176 Å². The Balaban J connectivity index is 1.94. The molecule has 6 nitrogen and oxygen atoms in total. The number of para-hydroxylation sites is 1. The van der Waals surface area contributed by atoms with Crippen LogP contribution >= 0.6 is 11.8 Å². The third-order valence-electron chi connectivity index (χ3n) is 4.05. The zero-order valence-corrected chi connectivity index (χ0v) is 17.7. The van der Waals surface area contributed by atoms with Gasteiger partial charge in [0, 0.05) is 22.7 Å². The lowest BCUT2D eigenvalue weighted by Gasteiger charge is -2.13. The molecule has 0 saturated heterocycles. The zero-order valence-electron chi connectivity index (χ0n) is 16.9. The van der Waals surface area contributed by atoms with E-state index in [-0.39, 0.29) is 18.4 Å². The number of hydrogen-bond acceptors (Lipinski definition) is 5. The highest BCUT2D eigenvalue weighted by molar-refractivity contribution is 7.99. The predicted molar refractivity (Wildman–Crippen MR) is 118 cm³/mol. The molecule has 7 heteroatoms. The topological polar surface area (TPSA) is 94.0 Å². The van der Waals surface area contributed by atoms with Gasteiger partial charge < -0.3 is 16.0 Å². The Morgan fingerprint density at radius 1 is 1.14 bits per heavy atom. The van der Waals surface area contributed by atoms with E-state index < -0.39 is 0 Å². The van der Waals surface area contributed by atoms with E-state index in [1.165, 1.54) is 11.8 Å². The van der Waals surface area contributed by atoms with Crippen molar-refractivity contribution in [2.45, 2.75) is 25.7 Å². The molecule has 0 spiro atoms. The highest BCUT2D eigenvalue weighted by Gasteiger charge is 2.10. The Morgan fingerprint density at radius 3 is 2.59 bits per heavy atom. The number of carbonyl (C=O) groups is 2. The van der Waals surface area contributed by atoms with Crippen LogP contribution in [-0.2, 0) is 4.79 Å². The Hall–Kier alpha value is -2.98. The number of rotatable bonds is 9. The van der Waals surface area contributed by atoms with Gasteiger partial charge in [0.15, 0.2) is 0 Å². The smallest absolute Gasteiger partial charge is 0.251 e. The maximum Gasteiger partial charge on any atom is 0.251 e. The van der Waals surface area contributed by atoms with Gasteiger partial charge >= 0.3 is 0 Å². The number of thioether (sulfide) groups is 1. The minimum Gasteiger partial charge on any atom is -0.376 e. The van der Waals surface area contributed by atoms with Crippen LogP contribution in [0.25, 0.3) is 0 Å². The Bertz CT molecular complexity index is 906. The molecule has 0 fully saturated rings. The van der Waals surface area contributed by atoms with Crippen LogP contribution in [0.4, 0.5) is 11.4 Å². The summed E-state index contributed by atoms with van der Waals surface area (Å²) >= 11 is 1.38. The lowest BCUT2D eigenvalue weighted by Crippen LogP contribution is -2.27. The molecule has 2 rings (SSSR count). The third kappa shape index (κ3) is 7.16. The van der Waals surface area contributed by atoms with Crippen LogP contribution in [0.5, 0.6) is 0 Å². The second-order valence-corrected chi connectivity index (χ2v) is 8.00. The number of aryl methyl sites for hydroxylation is 1. The van der Waals surface area contributed by atoms with Crippen molar-refractivity contribution in [3.05, 3.63) is 53.6 Å². The van der Waals surface area contributed by atoms with Crippen LogP contribution in [0.15, 0.2) is 47.4 Å². The summed E-state index contributed by atoms with van der Waals surface area (Å²) < 4.78 is 0. The average Bonchev–Trinajstić information content (AvgIpc) is 2.70. The standard InChI is InChI=1S/C22H26N4O2S/c1-15(2)13-25-22(28)17-8-9-18(16(3)12-17)24-14-21(27)26-19-6-4-5-7-20(19)29-11-10-23/h4-9,12,15,24H,11,13-14H2,1-3H3,(H,25,28)(H,26,27). The second-order valence-electron chi connectivity index (χ2n) is 6.98. The molecule has 3 N–H and O–H groups in total. The summed E-state index contributed by atoms with van der Waals surface area (Å²) in [6, 6.07) is 14.8. The molecule has 0 unspecified atom stereocenters. The molecule has 0 aliphatic carbocycles. The molecule has 0 aliphatic rings. The highest BCUT2D eigenvalue weighted by Crippen LogP contribution is 2.26. The first-order valence-corrected chi connectivity index (χ1v) is 10.4. The van der Waals surface area contributed by atoms with E-state index >= 15 is 0 Å². The molecule has 0 aliphatic heterocycles. The maximum absolute atomic E-state index is 12.3. The summed E-state index contributed by atoms with van der Waals surface area (Å²) in [6.07, 6.45) is 0. The molecular formula is C22H26N4O2S. The summed E-state index contributed by atoms with van der Waals surface area (Å²) in [6.45, 7) is 6.71. The number of benzene rings is 2. The summed E-state index contributed by atoms with van der Waals surface area (Å²) in [5.74, 6) is 0.426. The number of amides is 2. The number of nitriles is 1. The number of carbonyl (C=O) groups excluding carboxylic acids is 2. The van der Waals surface area contributed by atoms with E-state index in [9.17, 15) is 9.59 Å². The maximum atomic E-state index is 12.3. The van der Waals surface area contributed by atoms with Gasteiger partial charge in [-0.2, -0.15) is 5.26 Å². The van der Waals surface area contributed by atoms with Crippen LogP contribution < -0.4 is 16.0 Å². The van der Waals surface area contributed by atoms with Crippen molar-refractivity contribution in [2.24, 2.45) is 5.92 Å². The van der Waals surface area contributed by atoms with E-state index in [4.69, 9.17) is 5.26 Å². The zero-order chi connectivity index (χ0) is 21.2. The SMILES string of the molecule is Cc1cc(C(=O)NCC(C)C)ccc1NCC(=O)Nc1ccccc1SCC#N. The number of anilines is 2. The van der Waals surface area contributed by atoms with Gasteiger partial charge in [0.2, 0.25) is 5.91 Å². The lowest BCUT2D eigenvalue weighted by atomic mass is 10.1. The Morgan fingerprint density at radius 2 is 1.90 bits per heavy atom. The van der Waals surface area contributed by atoms with Crippen molar-refractivity contribution in [1.29, 1.82) is 5.26 Å². The number of hydrogen-bond donors (Lipinski definition) is 3. The first kappa shape index (κ1) is 22.3. The molecule has 0 saturated carbocycles. The van der Waals surface area contributed by atoms with Crippen molar-refractivity contribution in [2.75, 3.05) is 29.5 Å². The Kier molecular flexibility index (Phi) is 8.56. The quantitative estimate of drug-likeness (QED) is 0.542. The normalized spacial score (nSPS) is 10.3. The average molecular weight is 411 g/mol. The fourth-order valence-electron chi connectivity index (χ4n) is 2.58. The van der Waals surface area contributed by atoms with E-state index in [0.29, 0.717) is 29.5 Å². The lowest BCUT2D eigenvalue weighted by molar-refractivity contribution is -0.114. The van der Waals surface area contributed by atoms with Crippen LogP contribution in [0.2, 0.25) is 0 Å². The molecule has 0 radical (unpaired) electrons. The van der Waals surface area contributed by atoms with Gasteiger partial charge in [0.25, 0.3) is 5.91 Å². The van der Waals surface area contributed by atoms with Gasteiger partial charge in [0.1, 0.15) is 0 Å². The summed E-state index contributed by atoms with van der Waals surface area (Å²) in [7, 11) is 0. The second kappa shape index (κ2) is 11.1. The fourth-order valence-corrected chi connectivity index (χ4v) is 3.25. The molecule has 0 bridgehead atoms. The van der Waals surface area contributed by atoms with Crippen LogP contribution in [0.1, 0.15) is 29.8 Å². The molecule has 2 aromatic rings. The van der Waals surface area contributed by atoms with E-state index in [2.05, 4.69) is 22.0 Å². The summed E-state index contributed by atoms with van der Waals surface area (Å²) in [4.78, 5) is 25.4. The molecular weight excluding hydrogens is 384 g/mol. The fraction of sp³-hybridized carbons (Fsp3) is 0.318. The van der Waals surface area contributed by atoms with Crippen molar-refractivity contribution in [1.82, 2.24) is 5.32 Å². The highest BCUT2D eigenvalue weighted by atomic mass is 32.2. The van der Waals surface area contributed by atoms with Gasteiger partial charge in [-0.05, 0) is 48.7 Å². The van der Waals surface area contributed by atoms with Gasteiger partial charge in [-0.3, -0.25) is 9.59 Å². The minimum atomic E-state index is -0.187. The predicted octanol–water partition coefficient (Wildman–Crippen LogP) is 4.05. The summed E-state index contributed by atoms with van der Waals surface area (Å²) in [5.41, 5.74) is 2.97. The first-order chi connectivity index (χ1) is 13.9. The van der Waals surface area contributed by atoms with Gasteiger partial charge in [-0.1, -0.05) is 26.0 Å². The molecule has 2 aromatic carbocycles. The van der Waals surface area contributed by atoms with Crippen LogP contribution in [0.3, 0.4) is 0 Å². The minimum absolute atomic E-state index is 0.0942. The van der Waals surface area contributed by atoms with Gasteiger partial charge in [-0.15, -0.1) is 11.8 Å². The van der Waals surface area contributed by atoms with Crippen molar-refractivity contribution < 1.29 is 9.59 Å². The van der Waals surface area contributed by atoms with E-state index in [0.717, 1.165) is 16.1 Å². The monoisotopic (exact) mass is 410 g/mol. The van der Waals surface area contributed by atoms with Gasteiger partial charge in [0.05, 0.1) is 24.1 Å². The summed E-state index contributed by atoms with van der Waals surface area (Å²) in [5, 5.41) is 17.6.